The highest BCUT2D eigenvalue weighted by Gasteiger charge is 2.53. The molecule has 30 heavy (non-hydrogen) atoms. The van der Waals surface area contributed by atoms with E-state index in [0.29, 0.717) is 12.1 Å². The highest BCUT2D eigenvalue weighted by atomic mass is 32.2. The second-order valence-electron chi connectivity index (χ2n) is 10.7. The molecule has 2 heterocycles. The number of carbonyl (C=O) groups excluding carboxylic acids is 1. The van der Waals surface area contributed by atoms with Crippen molar-refractivity contribution in [1.82, 2.24) is 14.7 Å². The predicted molar refractivity (Wildman–Crippen MR) is 116 cm³/mol. The molecule has 1 aliphatic carbocycles. The van der Waals surface area contributed by atoms with Crippen LogP contribution in [0.5, 0.6) is 0 Å². The average molecular weight is 436 g/mol. The van der Waals surface area contributed by atoms with Gasteiger partial charge in [-0.3, -0.25) is 10.2 Å². The predicted octanol–water partition coefficient (Wildman–Crippen LogP) is 0.751. The number of piperazine rings is 1. The maximum atomic E-state index is 13.4. The third-order valence-corrected chi connectivity index (χ3v) is 8.88. The van der Waals surface area contributed by atoms with Gasteiger partial charge in [0.1, 0.15) is 0 Å². The lowest BCUT2D eigenvalue weighted by molar-refractivity contribution is -0.884. The second kappa shape index (κ2) is 7.58. The minimum Gasteiger partial charge on any atom is -0.335 e. The van der Waals surface area contributed by atoms with Crippen LogP contribution in [-0.4, -0.2) is 69.5 Å². The zero-order chi connectivity index (χ0) is 21.7. The lowest BCUT2D eigenvalue weighted by Gasteiger charge is -2.39. The number of hydrogen-bond acceptors (Lipinski definition) is 4. The Morgan fingerprint density at radius 3 is 2.37 bits per heavy atom. The van der Waals surface area contributed by atoms with Crippen LogP contribution in [0.4, 0.5) is 0 Å². The molecule has 2 bridgehead atoms. The molecule has 0 unspecified atom stereocenters. The SMILES string of the molecule is C[NH+]1CCN(NC(=O)c2ccc(S(=O)(=O)N3C[C@@]4(C)C[C@@H]3CC(C)(C)C4)cc2)CC1. The molecule has 2 saturated heterocycles. The molecule has 1 aromatic rings. The Labute approximate surface area is 180 Å². The molecule has 166 valence electrons. The van der Waals surface area contributed by atoms with Crippen molar-refractivity contribution in [2.45, 2.75) is 51.0 Å². The fourth-order valence-corrected chi connectivity index (χ4v) is 7.59. The van der Waals surface area contributed by atoms with Crippen molar-refractivity contribution < 1.29 is 18.1 Å². The van der Waals surface area contributed by atoms with Gasteiger partial charge in [0.05, 0.1) is 38.1 Å². The van der Waals surface area contributed by atoms with Crippen molar-refractivity contribution in [3.63, 3.8) is 0 Å². The maximum absolute atomic E-state index is 13.4. The highest BCUT2D eigenvalue weighted by Crippen LogP contribution is 2.53. The van der Waals surface area contributed by atoms with Crippen molar-refractivity contribution in [2.24, 2.45) is 10.8 Å². The molecular formula is C22H35N4O3S+. The van der Waals surface area contributed by atoms with Crippen LogP contribution in [0.15, 0.2) is 29.2 Å². The second-order valence-corrected chi connectivity index (χ2v) is 12.6. The summed E-state index contributed by atoms with van der Waals surface area (Å²) in [6, 6.07) is 6.46. The van der Waals surface area contributed by atoms with Crippen molar-refractivity contribution in [3.05, 3.63) is 29.8 Å². The molecule has 1 saturated carbocycles. The lowest BCUT2D eigenvalue weighted by Crippen LogP contribution is -3.12. The lowest BCUT2D eigenvalue weighted by atomic mass is 9.65. The van der Waals surface area contributed by atoms with E-state index in [0.717, 1.165) is 45.4 Å². The van der Waals surface area contributed by atoms with E-state index in [-0.39, 0.29) is 27.7 Å². The summed E-state index contributed by atoms with van der Waals surface area (Å²) in [6.45, 7) is 10.9. The maximum Gasteiger partial charge on any atom is 0.265 e. The zero-order valence-corrected chi connectivity index (χ0v) is 19.4. The molecule has 8 heteroatoms. The van der Waals surface area contributed by atoms with Crippen LogP contribution in [0.3, 0.4) is 0 Å². The number of hydrogen-bond donors (Lipinski definition) is 2. The largest absolute Gasteiger partial charge is 0.335 e. The number of amides is 1. The number of quaternary nitrogens is 1. The Balaban J connectivity index is 1.46. The summed E-state index contributed by atoms with van der Waals surface area (Å²) in [6.07, 6.45) is 2.88. The summed E-state index contributed by atoms with van der Waals surface area (Å²) in [4.78, 5) is 14.3. The fourth-order valence-electron chi connectivity index (χ4n) is 5.81. The molecule has 7 nitrogen and oxygen atoms in total. The van der Waals surface area contributed by atoms with E-state index < -0.39 is 10.0 Å². The van der Waals surface area contributed by atoms with Gasteiger partial charge in [-0.25, -0.2) is 13.4 Å². The Hall–Kier alpha value is -1.48. The van der Waals surface area contributed by atoms with Crippen LogP contribution < -0.4 is 10.3 Å². The average Bonchev–Trinajstić information content (AvgIpc) is 2.93. The summed E-state index contributed by atoms with van der Waals surface area (Å²) in [5, 5.41) is 1.94. The van der Waals surface area contributed by atoms with Crippen LogP contribution in [0.2, 0.25) is 0 Å². The van der Waals surface area contributed by atoms with Crippen LogP contribution in [-0.2, 0) is 10.0 Å². The van der Waals surface area contributed by atoms with Gasteiger partial charge >= 0.3 is 0 Å². The molecule has 1 amide bonds. The number of hydrazine groups is 1. The third-order valence-electron chi connectivity index (χ3n) is 6.97. The minimum atomic E-state index is -3.57. The Bertz CT molecular complexity index is 907. The first kappa shape index (κ1) is 21.7. The van der Waals surface area contributed by atoms with E-state index in [2.05, 4.69) is 33.2 Å². The van der Waals surface area contributed by atoms with Gasteiger partial charge in [-0.15, -0.1) is 0 Å². The van der Waals surface area contributed by atoms with E-state index in [4.69, 9.17) is 0 Å². The Morgan fingerprint density at radius 2 is 1.73 bits per heavy atom. The normalized spacial score (nSPS) is 30.3. The van der Waals surface area contributed by atoms with Crippen LogP contribution >= 0.6 is 0 Å². The molecule has 0 radical (unpaired) electrons. The molecular weight excluding hydrogens is 400 g/mol. The van der Waals surface area contributed by atoms with E-state index in [1.807, 2.05) is 5.01 Å². The third kappa shape index (κ3) is 4.28. The fraction of sp³-hybridized carbons (Fsp3) is 0.682. The number of rotatable bonds is 4. The molecule has 0 aromatic heterocycles. The molecule has 3 fully saturated rings. The summed E-state index contributed by atoms with van der Waals surface area (Å²) < 4.78 is 28.5. The van der Waals surface area contributed by atoms with Gasteiger partial charge in [-0.05, 0) is 54.4 Å². The molecule has 2 N–H and O–H groups in total. The molecule has 2 atom stereocenters. The van der Waals surface area contributed by atoms with Gasteiger partial charge in [0.15, 0.2) is 0 Å². The number of fused-ring (bicyclic) bond motifs is 2. The first-order chi connectivity index (χ1) is 14.0. The van der Waals surface area contributed by atoms with Gasteiger partial charge in [0, 0.05) is 18.2 Å². The van der Waals surface area contributed by atoms with Gasteiger partial charge in [-0.1, -0.05) is 20.8 Å². The molecule has 4 rings (SSSR count). The van der Waals surface area contributed by atoms with Gasteiger partial charge in [-0.2, -0.15) is 4.31 Å². The van der Waals surface area contributed by atoms with Crippen LogP contribution in [0.1, 0.15) is 50.4 Å². The van der Waals surface area contributed by atoms with Crippen LogP contribution in [0.25, 0.3) is 0 Å². The van der Waals surface area contributed by atoms with E-state index in [9.17, 15) is 13.2 Å². The van der Waals surface area contributed by atoms with Crippen LogP contribution in [0, 0.1) is 10.8 Å². The minimum absolute atomic E-state index is 0.0452. The Morgan fingerprint density at radius 1 is 1.10 bits per heavy atom. The summed E-state index contributed by atoms with van der Waals surface area (Å²) >= 11 is 0. The van der Waals surface area contributed by atoms with Gasteiger partial charge in [0.25, 0.3) is 5.91 Å². The number of nitrogens with one attached hydrogen (secondary N) is 2. The molecule has 3 aliphatic rings. The van der Waals surface area contributed by atoms with Crippen molar-refractivity contribution >= 4 is 15.9 Å². The number of sulfonamides is 1. The number of nitrogens with zero attached hydrogens (tertiary/aromatic N) is 2. The smallest absolute Gasteiger partial charge is 0.265 e. The van der Waals surface area contributed by atoms with Crippen molar-refractivity contribution in [1.29, 1.82) is 0 Å². The van der Waals surface area contributed by atoms with E-state index in [1.165, 1.54) is 4.90 Å². The summed E-state index contributed by atoms with van der Waals surface area (Å²) in [5.41, 5.74) is 3.62. The topological polar surface area (TPSA) is 74.2 Å². The van der Waals surface area contributed by atoms with Gasteiger partial charge in [0.2, 0.25) is 10.0 Å². The number of likely N-dealkylation sites (N-methyl/N-ethyl adjacent to an activating group) is 1. The van der Waals surface area contributed by atoms with Crippen molar-refractivity contribution in [2.75, 3.05) is 39.8 Å². The zero-order valence-electron chi connectivity index (χ0n) is 18.6. The van der Waals surface area contributed by atoms with E-state index in [1.54, 1.807) is 28.6 Å². The molecule has 1 aromatic carbocycles. The Kier molecular flexibility index (Phi) is 5.50. The van der Waals surface area contributed by atoms with E-state index >= 15 is 0 Å². The first-order valence-corrected chi connectivity index (χ1v) is 12.4. The highest BCUT2D eigenvalue weighted by molar-refractivity contribution is 7.89. The molecule has 2 aliphatic heterocycles. The monoisotopic (exact) mass is 435 g/mol. The van der Waals surface area contributed by atoms with Gasteiger partial charge < -0.3 is 4.90 Å². The number of carbonyl (C=O) groups is 1. The summed E-state index contributed by atoms with van der Waals surface area (Å²) in [5.74, 6) is -0.190. The summed E-state index contributed by atoms with van der Waals surface area (Å²) in [7, 11) is -1.42. The quantitative estimate of drug-likeness (QED) is 0.732. The first-order valence-electron chi connectivity index (χ1n) is 11.0. The standard InChI is InChI=1S/C22H34N4O3S/c1-21(2)13-18-14-22(3,15-21)16-26(18)30(28,29)19-7-5-17(6-8-19)20(27)23-25-11-9-24(4)10-12-25/h5-8,18H,9-16H2,1-4H3,(H,23,27)/p+1/t18-,22-/m0/s1. The molecule has 0 spiro atoms. The van der Waals surface area contributed by atoms with Crippen molar-refractivity contribution in [3.8, 4) is 0 Å². The number of benzene rings is 1.